The Morgan fingerprint density at radius 1 is 1.14 bits per heavy atom. The minimum absolute atomic E-state index is 0.116. The molecule has 2 aromatic carbocycles. The van der Waals surface area contributed by atoms with Crippen molar-refractivity contribution in [2.24, 2.45) is 0 Å². The number of hydrogen-bond acceptors (Lipinski definition) is 2. The van der Waals surface area contributed by atoms with E-state index in [1.165, 1.54) is 16.7 Å². The van der Waals surface area contributed by atoms with Crippen molar-refractivity contribution >= 4 is 15.9 Å². The summed E-state index contributed by atoms with van der Waals surface area (Å²) in [6, 6.07) is 12.7. The number of nitrogens with one attached hydrogen (secondary N) is 1. The van der Waals surface area contributed by atoms with Gasteiger partial charge in [-0.15, -0.1) is 0 Å². The number of rotatable bonds is 5. The maximum Gasteiger partial charge on any atom is 0.124 e. The number of benzene rings is 2. The van der Waals surface area contributed by atoms with Gasteiger partial charge in [-0.25, -0.2) is 0 Å². The van der Waals surface area contributed by atoms with E-state index in [0.717, 1.165) is 15.8 Å². The van der Waals surface area contributed by atoms with Gasteiger partial charge in [0.1, 0.15) is 5.75 Å². The molecule has 0 saturated heterocycles. The summed E-state index contributed by atoms with van der Waals surface area (Å²) in [5, 5.41) is 3.44. The molecule has 0 spiro atoms. The highest BCUT2D eigenvalue weighted by atomic mass is 79.9. The minimum atomic E-state index is 0.116. The van der Waals surface area contributed by atoms with Crippen LogP contribution in [0.2, 0.25) is 0 Å². The molecule has 2 aromatic rings. The van der Waals surface area contributed by atoms with Gasteiger partial charge >= 0.3 is 0 Å². The first-order chi connectivity index (χ1) is 10.1. The van der Waals surface area contributed by atoms with Crippen LogP contribution in [0.4, 0.5) is 0 Å². The van der Waals surface area contributed by atoms with Crippen LogP contribution in [-0.2, 0) is 0 Å². The van der Waals surface area contributed by atoms with Crippen molar-refractivity contribution in [2.75, 3.05) is 13.7 Å². The summed E-state index contributed by atoms with van der Waals surface area (Å²) in [7, 11) is 1.99. The standard InChI is InChI=1S/C18H22BrNO/c1-5-21-16-10-9-14(19)11-15(16)18(20-4)17-12(2)7-6-8-13(17)3/h6-11,18,20H,5H2,1-4H3. The molecule has 0 bridgehead atoms. The topological polar surface area (TPSA) is 21.3 Å². The third-order valence-corrected chi connectivity index (χ3v) is 4.20. The quantitative estimate of drug-likeness (QED) is 0.840. The lowest BCUT2D eigenvalue weighted by Gasteiger charge is -2.24. The molecule has 1 unspecified atom stereocenters. The highest BCUT2D eigenvalue weighted by molar-refractivity contribution is 9.10. The van der Waals surface area contributed by atoms with E-state index in [1.807, 2.05) is 26.1 Å². The first-order valence-electron chi connectivity index (χ1n) is 7.24. The third kappa shape index (κ3) is 3.47. The number of halogens is 1. The van der Waals surface area contributed by atoms with Gasteiger partial charge in [0.15, 0.2) is 0 Å². The molecule has 0 radical (unpaired) electrons. The molecule has 0 aromatic heterocycles. The summed E-state index contributed by atoms with van der Waals surface area (Å²) < 4.78 is 6.88. The molecule has 0 amide bonds. The van der Waals surface area contributed by atoms with Crippen LogP contribution in [0, 0.1) is 13.8 Å². The molecular weight excluding hydrogens is 326 g/mol. The molecule has 0 saturated carbocycles. The normalized spacial score (nSPS) is 12.2. The lowest BCUT2D eigenvalue weighted by Crippen LogP contribution is -2.20. The molecule has 3 heteroatoms. The molecular formula is C18H22BrNO. The van der Waals surface area contributed by atoms with E-state index < -0.39 is 0 Å². The van der Waals surface area contributed by atoms with Gasteiger partial charge in [0.05, 0.1) is 12.6 Å². The van der Waals surface area contributed by atoms with E-state index in [1.54, 1.807) is 0 Å². The van der Waals surface area contributed by atoms with Crippen molar-refractivity contribution in [3.63, 3.8) is 0 Å². The van der Waals surface area contributed by atoms with Crippen LogP contribution in [0.15, 0.2) is 40.9 Å². The molecule has 0 fully saturated rings. The lowest BCUT2D eigenvalue weighted by atomic mass is 9.91. The molecule has 2 rings (SSSR count). The van der Waals surface area contributed by atoms with Gasteiger partial charge in [-0.2, -0.15) is 0 Å². The molecule has 21 heavy (non-hydrogen) atoms. The van der Waals surface area contributed by atoms with E-state index >= 15 is 0 Å². The fourth-order valence-electron chi connectivity index (χ4n) is 2.77. The van der Waals surface area contributed by atoms with E-state index in [4.69, 9.17) is 4.74 Å². The SMILES string of the molecule is CCOc1ccc(Br)cc1C(NC)c1c(C)cccc1C. The smallest absolute Gasteiger partial charge is 0.124 e. The van der Waals surface area contributed by atoms with Gasteiger partial charge < -0.3 is 10.1 Å². The molecule has 2 nitrogen and oxygen atoms in total. The maximum atomic E-state index is 5.82. The Morgan fingerprint density at radius 3 is 2.38 bits per heavy atom. The van der Waals surface area contributed by atoms with Crippen LogP contribution in [0.1, 0.15) is 35.2 Å². The largest absolute Gasteiger partial charge is 0.494 e. The van der Waals surface area contributed by atoms with Crippen molar-refractivity contribution in [3.05, 3.63) is 63.1 Å². The Kier molecular flexibility index (Phi) is 5.43. The fourth-order valence-corrected chi connectivity index (χ4v) is 3.15. The Hall–Kier alpha value is -1.32. The number of aryl methyl sites for hydroxylation is 2. The second-order valence-corrected chi connectivity index (χ2v) is 6.06. The summed E-state index contributed by atoms with van der Waals surface area (Å²) in [4.78, 5) is 0. The Labute approximate surface area is 135 Å². The van der Waals surface area contributed by atoms with Crippen molar-refractivity contribution in [1.82, 2.24) is 5.32 Å². The van der Waals surface area contributed by atoms with Gasteiger partial charge in [0.2, 0.25) is 0 Å². The zero-order chi connectivity index (χ0) is 15.4. The van der Waals surface area contributed by atoms with E-state index in [0.29, 0.717) is 6.61 Å². The van der Waals surface area contributed by atoms with Gasteiger partial charge in [-0.05, 0) is 62.7 Å². The van der Waals surface area contributed by atoms with E-state index in [-0.39, 0.29) is 6.04 Å². The summed E-state index contributed by atoms with van der Waals surface area (Å²) in [6.07, 6.45) is 0. The van der Waals surface area contributed by atoms with Gasteiger partial charge in [-0.3, -0.25) is 0 Å². The first-order valence-corrected chi connectivity index (χ1v) is 8.03. The molecule has 0 aliphatic carbocycles. The average Bonchev–Trinajstić information content (AvgIpc) is 2.45. The summed E-state index contributed by atoms with van der Waals surface area (Å²) >= 11 is 3.57. The first kappa shape index (κ1) is 16.1. The van der Waals surface area contributed by atoms with Crippen molar-refractivity contribution in [1.29, 1.82) is 0 Å². The van der Waals surface area contributed by atoms with Crippen molar-refractivity contribution < 1.29 is 4.74 Å². The second-order valence-electron chi connectivity index (χ2n) is 5.14. The molecule has 0 heterocycles. The Morgan fingerprint density at radius 2 is 1.81 bits per heavy atom. The minimum Gasteiger partial charge on any atom is -0.494 e. The van der Waals surface area contributed by atoms with E-state index in [9.17, 15) is 0 Å². The van der Waals surface area contributed by atoms with Gasteiger partial charge in [0.25, 0.3) is 0 Å². The monoisotopic (exact) mass is 347 g/mol. The zero-order valence-electron chi connectivity index (χ0n) is 13.0. The third-order valence-electron chi connectivity index (χ3n) is 3.70. The van der Waals surface area contributed by atoms with Crippen LogP contribution >= 0.6 is 15.9 Å². The average molecular weight is 348 g/mol. The molecule has 1 atom stereocenters. The van der Waals surface area contributed by atoms with Crippen LogP contribution in [0.5, 0.6) is 5.75 Å². The van der Waals surface area contributed by atoms with Gasteiger partial charge in [0, 0.05) is 10.0 Å². The van der Waals surface area contributed by atoms with Crippen LogP contribution in [0.25, 0.3) is 0 Å². The predicted octanol–water partition coefficient (Wildman–Crippen LogP) is 4.77. The Bertz CT molecular complexity index is 604. The van der Waals surface area contributed by atoms with Crippen molar-refractivity contribution in [2.45, 2.75) is 26.8 Å². The highest BCUT2D eigenvalue weighted by Gasteiger charge is 2.20. The molecule has 112 valence electrons. The summed E-state index contributed by atoms with van der Waals surface area (Å²) in [6.45, 7) is 6.99. The van der Waals surface area contributed by atoms with E-state index in [2.05, 4.69) is 59.4 Å². The second kappa shape index (κ2) is 7.10. The number of hydrogen-bond donors (Lipinski definition) is 1. The van der Waals surface area contributed by atoms with Gasteiger partial charge in [-0.1, -0.05) is 34.1 Å². The van der Waals surface area contributed by atoms with Crippen LogP contribution in [-0.4, -0.2) is 13.7 Å². The predicted molar refractivity (Wildman–Crippen MR) is 92.1 cm³/mol. The molecule has 1 N–H and O–H groups in total. The Balaban J connectivity index is 2.58. The zero-order valence-corrected chi connectivity index (χ0v) is 14.6. The fraction of sp³-hybridized carbons (Fsp3) is 0.333. The summed E-state index contributed by atoms with van der Waals surface area (Å²) in [5.74, 6) is 0.933. The van der Waals surface area contributed by atoms with Crippen molar-refractivity contribution in [3.8, 4) is 5.75 Å². The van der Waals surface area contributed by atoms with Crippen LogP contribution < -0.4 is 10.1 Å². The molecule has 0 aliphatic heterocycles. The number of ether oxygens (including phenoxy) is 1. The van der Waals surface area contributed by atoms with Crippen LogP contribution in [0.3, 0.4) is 0 Å². The maximum absolute atomic E-state index is 5.82. The lowest BCUT2D eigenvalue weighted by molar-refractivity contribution is 0.334. The highest BCUT2D eigenvalue weighted by Crippen LogP contribution is 2.35. The summed E-state index contributed by atoms with van der Waals surface area (Å²) in [5.41, 5.74) is 5.05. The molecule has 0 aliphatic rings.